The van der Waals surface area contributed by atoms with Gasteiger partial charge in [0, 0.05) is 31.9 Å². The molecule has 2 aromatic rings. The summed E-state index contributed by atoms with van der Waals surface area (Å²) >= 11 is 0. The van der Waals surface area contributed by atoms with Crippen molar-refractivity contribution < 1.29 is 4.74 Å². The molecule has 0 fully saturated rings. The van der Waals surface area contributed by atoms with Crippen LogP contribution in [0.1, 0.15) is 30.2 Å². The van der Waals surface area contributed by atoms with Crippen LogP contribution in [0.3, 0.4) is 0 Å². The average Bonchev–Trinajstić information content (AvgIpc) is 2.75. The Morgan fingerprint density at radius 2 is 2.15 bits per heavy atom. The summed E-state index contributed by atoms with van der Waals surface area (Å²) in [5, 5.41) is 7.79. The molecule has 4 heteroatoms. The quantitative estimate of drug-likeness (QED) is 0.843. The van der Waals surface area contributed by atoms with E-state index >= 15 is 0 Å². The van der Waals surface area contributed by atoms with Crippen molar-refractivity contribution in [2.75, 3.05) is 6.61 Å². The molecule has 0 saturated heterocycles. The van der Waals surface area contributed by atoms with Crippen molar-refractivity contribution in [1.29, 1.82) is 0 Å². The number of nitrogens with zero attached hydrogens (tertiary/aromatic N) is 2. The van der Waals surface area contributed by atoms with Crippen LogP contribution in [0.5, 0.6) is 5.75 Å². The van der Waals surface area contributed by atoms with Gasteiger partial charge in [-0.05, 0) is 31.0 Å². The van der Waals surface area contributed by atoms with Gasteiger partial charge >= 0.3 is 0 Å². The maximum Gasteiger partial charge on any atom is 0.119 e. The van der Waals surface area contributed by atoms with Crippen LogP contribution in [0, 0.1) is 6.92 Å². The number of hydrogen-bond donors (Lipinski definition) is 1. The fourth-order valence-electron chi connectivity index (χ4n) is 2.13. The lowest BCUT2D eigenvalue weighted by atomic mass is 10.2. The van der Waals surface area contributed by atoms with E-state index in [1.807, 2.05) is 30.8 Å². The molecule has 0 atom stereocenters. The summed E-state index contributed by atoms with van der Waals surface area (Å²) in [6, 6.07) is 8.25. The number of benzene rings is 1. The summed E-state index contributed by atoms with van der Waals surface area (Å²) < 4.78 is 7.49. The highest BCUT2D eigenvalue weighted by Gasteiger charge is 2.02. The van der Waals surface area contributed by atoms with Crippen LogP contribution >= 0.6 is 0 Å². The number of aryl methyl sites for hydroxylation is 2. The smallest absolute Gasteiger partial charge is 0.119 e. The minimum Gasteiger partial charge on any atom is -0.494 e. The van der Waals surface area contributed by atoms with Gasteiger partial charge < -0.3 is 10.1 Å². The second kappa shape index (κ2) is 7.10. The van der Waals surface area contributed by atoms with Crippen LogP contribution in [0.25, 0.3) is 0 Å². The summed E-state index contributed by atoms with van der Waals surface area (Å²) in [5.74, 6) is 0.948. The lowest BCUT2D eigenvalue weighted by molar-refractivity contribution is 0.317. The van der Waals surface area contributed by atoms with E-state index in [1.54, 1.807) is 0 Å². The standard InChI is InChI=1S/C16H23N3O/c1-4-8-20-16-7-5-6-14(9-16)10-17-11-15-12-19(3)18-13(15)2/h5-7,9,12,17H,4,8,10-11H2,1-3H3. The molecule has 2 rings (SSSR count). The molecular weight excluding hydrogens is 250 g/mol. The van der Waals surface area contributed by atoms with Gasteiger partial charge in [-0.25, -0.2) is 0 Å². The maximum atomic E-state index is 5.64. The fourth-order valence-corrected chi connectivity index (χ4v) is 2.13. The summed E-state index contributed by atoms with van der Waals surface area (Å²) in [6.07, 6.45) is 3.09. The van der Waals surface area contributed by atoms with Gasteiger partial charge in [0.1, 0.15) is 5.75 Å². The molecule has 0 unspecified atom stereocenters. The van der Waals surface area contributed by atoms with Crippen LogP contribution < -0.4 is 10.1 Å². The number of rotatable bonds is 7. The number of hydrogen-bond acceptors (Lipinski definition) is 3. The van der Waals surface area contributed by atoms with Gasteiger partial charge in [-0.15, -0.1) is 0 Å². The molecule has 0 radical (unpaired) electrons. The van der Waals surface area contributed by atoms with E-state index in [0.717, 1.165) is 37.6 Å². The number of nitrogens with one attached hydrogen (secondary N) is 1. The van der Waals surface area contributed by atoms with Crippen molar-refractivity contribution in [3.05, 3.63) is 47.3 Å². The Morgan fingerprint density at radius 3 is 2.85 bits per heavy atom. The molecule has 0 aliphatic carbocycles. The first-order chi connectivity index (χ1) is 9.69. The van der Waals surface area contributed by atoms with Gasteiger partial charge in [-0.1, -0.05) is 19.1 Å². The van der Waals surface area contributed by atoms with Gasteiger partial charge in [0.25, 0.3) is 0 Å². The van der Waals surface area contributed by atoms with Crippen LogP contribution in [0.2, 0.25) is 0 Å². The Hall–Kier alpha value is -1.81. The molecule has 0 spiro atoms. The van der Waals surface area contributed by atoms with E-state index < -0.39 is 0 Å². The lowest BCUT2D eigenvalue weighted by Gasteiger charge is -2.08. The van der Waals surface area contributed by atoms with Gasteiger partial charge in [-0.3, -0.25) is 4.68 Å². The van der Waals surface area contributed by atoms with Gasteiger partial charge in [0.2, 0.25) is 0 Å². The van der Waals surface area contributed by atoms with Crippen molar-refractivity contribution in [2.24, 2.45) is 7.05 Å². The molecule has 108 valence electrons. The second-order valence-corrected chi connectivity index (χ2v) is 5.01. The van der Waals surface area contributed by atoms with E-state index in [0.29, 0.717) is 0 Å². The molecule has 1 aromatic carbocycles. The molecular formula is C16H23N3O. The SMILES string of the molecule is CCCOc1cccc(CNCc2cn(C)nc2C)c1. The van der Waals surface area contributed by atoms with Crippen LogP contribution in [0.4, 0.5) is 0 Å². The molecule has 1 heterocycles. The first-order valence-corrected chi connectivity index (χ1v) is 7.10. The minimum absolute atomic E-state index is 0.770. The van der Waals surface area contributed by atoms with E-state index in [-0.39, 0.29) is 0 Å². The number of ether oxygens (including phenoxy) is 1. The van der Waals surface area contributed by atoms with Crippen molar-refractivity contribution in [3.63, 3.8) is 0 Å². The predicted octanol–water partition coefficient (Wildman–Crippen LogP) is 2.81. The highest BCUT2D eigenvalue weighted by atomic mass is 16.5. The van der Waals surface area contributed by atoms with Crippen LogP contribution in [-0.2, 0) is 20.1 Å². The highest BCUT2D eigenvalue weighted by molar-refractivity contribution is 5.28. The molecule has 0 saturated carbocycles. The Balaban J connectivity index is 1.86. The van der Waals surface area contributed by atoms with Crippen molar-refractivity contribution in [3.8, 4) is 5.75 Å². The summed E-state index contributed by atoms with van der Waals surface area (Å²) in [6.45, 7) is 6.58. The summed E-state index contributed by atoms with van der Waals surface area (Å²) in [4.78, 5) is 0. The molecule has 0 amide bonds. The second-order valence-electron chi connectivity index (χ2n) is 5.01. The van der Waals surface area contributed by atoms with Gasteiger partial charge in [0.05, 0.1) is 12.3 Å². The maximum absolute atomic E-state index is 5.64. The van der Waals surface area contributed by atoms with Crippen LogP contribution in [-0.4, -0.2) is 16.4 Å². The normalized spacial score (nSPS) is 10.8. The summed E-state index contributed by atoms with van der Waals surface area (Å²) in [7, 11) is 1.95. The van der Waals surface area contributed by atoms with Crippen LogP contribution in [0.15, 0.2) is 30.5 Å². The molecule has 0 aliphatic rings. The molecule has 0 bridgehead atoms. The molecule has 1 aromatic heterocycles. The van der Waals surface area contributed by atoms with E-state index in [4.69, 9.17) is 4.74 Å². The first kappa shape index (κ1) is 14.6. The van der Waals surface area contributed by atoms with E-state index in [2.05, 4.69) is 35.7 Å². The average molecular weight is 273 g/mol. The van der Waals surface area contributed by atoms with E-state index in [1.165, 1.54) is 11.1 Å². The molecule has 4 nitrogen and oxygen atoms in total. The van der Waals surface area contributed by atoms with Gasteiger partial charge in [0.15, 0.2) is 0 Å². The zero-order valence-corrected chi connectivity index (χ0v) is 12.5. The third-order valence-corrected chi connectivity index (χ3v) is 3.13. The summed E-state index contributed by atoms with van der Waals surface area (Å²) in [5.41, 5.74) is 3.56. The molecule has 0 aliphatic heterocycles. The largest absolute Gasteiger partial charge is 0.494 e. The highest BCUT2D eigenvalue weighted by Crippen LogP contribution is 2.13. The van der Waals surface area contributed by atoms with Gasteiger partial charge in [-0.2, -0.15) is 5.10 Å². The third kappa shape index (κ3) is 4.10. The molecule has 1 N–H and O–H groups in total. The first-order valence-electron chi connectivity index (χ1n) is 7.10. The third-order valence-electron chi connectivity index (χ3n) is 3.13. The zero-order valence-electron chi connectivity index (χ0n) is 12.5. The van der Waals surface area contributed by atoms with E-state index in [9.17, 15) is 0 Å². The monoisotopic (exact) mass is 273 g/mol. The predicted molar refractivity (Wildman–Crippen MR) is 80.7 cm³/mol. The lowest BCUT2D eigenvalue weighted by Crippen LogP contribution is -2.13. The topological polar surface area (TPSA) is 39.1 Å². The Labute approximate surface area is 120 Å². The van der Waals surface area contributed by atoms with Crippen molar-refractivity contribution >= 4 is 0 Å². The Kier molecular flexibility index (Phi) is 5.18. The Morgan fingerprint density at radius 1 is 1.30 bits per heavy atom. The fraction of sp³-hybridized carbons (Fsp3) is 0.438. The Bertz CT molecular complexity index is 548. The van der Waals surface area contributed by atoms with Crippen molar-refractivity contribution in [1.82, 2.24) is 15.1 Å². The molecule has 20 heavy (non-hydrogen) atoms. The van der Waals surface area contributed by atoms with Crippen molar-refractivity contribution in [2.45, 2.75) is 33.4 Å². The minimum atomic E-state index is 0.770. The number of aromatic nitrogens is 2. The zero-order chi connectivity index (χ0) is 14.4.